The van der Waals surface area contributed by atoms with E-state index in [-0.39, 0.29) is 64.6 Å². The number of phosphoric ester groups is 3. The number of imidazole rings is 1. The van der Waals surface area contributed by atoms with E-state index in [1.807, 2.05) is 13.8 Å². The smallest absolute Gasteiger partial charge is 0.333 e. The van der Waals surface area contributed by atoms with Crippen molar-refractivity contribution in [1.29, 1.82) is 0 Å². The van der Waals surface area contributed by atoms with E-state index in [0.29, 0.717) is 5.57 Å². The minimum atomic E-state index is -5.94. The van der Waals surface area contributed by atoms with Crippen molar-refractivity contribution < 1.29 is 90.0 Å². The molecule has 348 valence electrons. The lowest BCUT2D eigenvalue weighted by molar-refractivity contribution is -0.347. The van der Waals surface area contributed by atoms with Gasteiger partial charge in [0, 0.05) is 42.2 Å². The predicted octanol–water partition coefficient (Wildman–Crippen LogP) is -2.47. The van der Waals surface area contributed by atoms with Crippen LogP contribution in [0.15, 0.2) is 24.3 Å². The summed E-state index contributed by atoms with van der Waals surface area (Å²) in [6.07, 6.45) is -5.99. The van der Waals surface area contributed by atoms with Crippen LogP contribution in [0.2, 0.25) is 0 Å². The molecule has 2 aromatic rings. The minimum absolute atomic E-state index is 0.0288. The summed E-state index contributed by atoms with van der Waals surface area (Å²) >= 11 is 1.03. The predicted molar refractivity (Wildman–Crippen MR) is 205 cm³/mol. The summed E-state index contributed by atoms with van der Waals surface area (Å²) in [7, 11) is -16.4. The van der Waals surface area contributed by atoms with Crippen LogP contribution in [0.4, 0.5) is 5.82 Å². The number of thioether (sulfide) groups is 1. The molecular weight excluding hydrogens is 911 g/mol. The maximum absolute atomic E-state index is 12.8. The fourth-order valence-corrected chi connectivity index (χ4v) is 10.1. The lowest BCUT2D eigenvalue weighted by Gasteiger charge is -2.36. The van der Waals surface area contributed by atoms with Gasteiger partial charge in [0.05, 0.1) is 34.5 Å². The van der Waals surface area contributed by atoms with Crippen LogP contribution in [-0.4, -0.2) is 116 Å². The molecule has 0 spiro atoms. The first-order valence-corrected chi connectivity index (χ1v) is 23.7. The number of phosphoric acid groups is 3. The molecular formula is C32H46N7O19P3S-4. The maximum atomic E-state index is 12.8. The molecule has 2 unspecified atom stereocenters. The van der Waals surface area contributed by atoms with Gasteiger partial charge in [0.15, 0.2) is 22.8 Å². The quantitative estimate of drug-likeness (QED) is 0.0353. The van der Waals surface area contributed by atoms with Crippen molar-refractivity contribution >= 4 is 75.1 Å². The third kappa shape index (κ3) is 13.4. The number of rotatable bonds is 22. The summed E-state index contributed by atoms with van der Waals surface area (Å²) in [6, 6.07) is 0. The number of methoxy groups -OCH3 is 1. The van der Waals surface area contributed by atoms with Crippen LogP contribution >= 0.6 is 35.2 Å². The first-order chi connectivity index (χ1) is 28.6. The average molecular weight is 958 g/mol. The average Bonchev–Trinajstić information content (AvgIpc) is 3.40. The Balaban J connectivity index is 1.20. The highest BCUT2D eigenvalue weighted by molar-refractivity contribution is 8.13. The number of allylic oxidation sites excluding steroid dienone is 1. The van der Waals surface area contributed by atoms with Crippen LogP contribution < -0.4 is 35.9 Å². The minimum Gasteiger partial charge on any atom is -0.790 e. The first kappa shape index (κ1) is 51.4. The van der Waals surface area contributed by atoms with Crippen molar-refractivity contribution in [3.8, 4) is 0 Å². The number of nitrogens with zero attached hydrogens (tertiary/aromatic N) is 4. The standard InChI is InChI=1S/C32H50N7O19P3S/c1-16(29(44)53-6)11-17-20(32(17,4)5)30(45)62-10-9-34-19(40)7-8-35-27(43)24(42)31(2,3)13-55-61(51,52)58-60(49,50)54-12-18-23(57-59(46,47)48)22(41)28(56-18)39-15-38-21-25(33)36-14-37-26(21)39/h11,14-15,17-18,20,22-24,28,41-42H,7-10,12-13H2,1-6H3,(H,34,40)(H,35,43)(H,49,50)(H,51,52)(H2,33,36,37)(H2,46,47,48)/p-4/b16-11+/t17-,18-,20+,22-,23-,24+,28-/m1/s1. The monoisotopic (exact) mass is 957 g/mol. The summed E-state index contributed by atoms with van der Waals surface area (Å²) in [4.78, 5) is 109. The lowest BCUT2D eigenvalue weighted by Crippen LogP contribution is -2.46. The number of amides is 2. The Bertz CT molecular complexity index is 2170. The van der Waals surface area contributed by atoms with Crippen molar-refractivity contribution in [3.63, 3.8) is 0 Å². The zero-order chi connectivity index (χ0) is 46.6. The van der Waals surface area contributed by atoms with Gasteiger partial charge in [0.1, 0.15) is 36.3 Å². The van der Waals surface area contributed by atoms with Crippen LogP contribution in [0.5, 0.6) is 0 Å². The summed E-state index contributed by atoms with van der Waals surface area (Å²) in [5.74, 6) is -2.30. The SMILES string of the molecule is COC(=O)/C(C)=C/[C@@H]1[C@@H](C(=O)SCCNC(=O)CCNC(=O)[C@H](O)C(C)(C)COP(=O)([O-])OP(=O)([O-])OC[C@H]2O[C@@H](n3cnc4c(N)ncnc43)[C@H](O)[C@@H]2OP(=O)([O-])[O-])C1(C)C. The molecule has 2 amide bonds. The normalized spacial score (nSPS) is 25.1. The number of carbonyl (C=O) groups is 4. The number of anilines is 1. The lowest BCUT2D eigenvalue weighted by atomic mass is 9.87. The number of fused-ring (bicyclic) bond motifs is 1. The molecule has 0 bridgehead atoms. The first-order valence-electron chi connectivity index (χ1n) is 18.4. The number of nitrogens with two attached hydrogens (primary N) is 1. The summed E-state index contributed by atoms with van der Waals surface area (Å²) in [5.41, 5.74) is 4.09. The second-order valence-corrected chi connectivity index (χ2v) is 20.5. The number of nitrogens with one attached hydrogen (secondary N) is 2. The Morgan fingerprint density at radius 3 is 2.39 bits per heavy atom. The van der Waals surface area contributed by atoms with E-state index in [1.165, 1.54) is 21.0 Å². The Kier molecular flexibility index (Phi) is 16.8. The third-order valence-corrected chi connectivity index (χ3v) is 13.8. The second-order valence-electron chi connectivity index (χ2n) is 15.3. The topological polar surface area (TPSA) is 401 Å². The molecule has 6 N–H and O–H groups in total. The Hall–Kier alpha value is -3.23. The largest absolute Gasteiger partial charge is 0.790 e. The van der Waals surface area contributed by atoms with Gasteiger partial charge in [-0.2, -0.15) is 0 Å². The molecule has 0 aromatic carbocycles. The molecule has 1 aliphatic heterocycles. The van der Waals surface area contributed by atoms with Crippen LogP contribution in [0.25, 0.3) is 11.2 Å². The van der Waals surface area contributed by atoms with Gasteiger partial charge < -0.3 is 73.8 Å². The Labute approximate surface area is 358 Å². The number of ether oxygens (including phenoxy) is 2. The van der Waals surface area contributed by atoms with Gasteiger partial charge >= 0.3 is 5.97 Å². The number of esters is 1. The molecule has 3 heterocycles. The van der Waals surface area contributed by atoms with E-state index in [1.54, 1.807) is 13.0 Å². The van der Waals surface area contributed by atoms with Gasteiger partial charge in [-0.25, -0.2) is 24.1 Å². The van der Waals surface area contributed by atoms with Gasteiger partial charge in [-0.05, 0) is 18.3 Å². The molecule has 2 fully saturated rings. The fraction of sp³-hybridized carbons (Fsp3) is 0.656. The molecule has 0 radical (unpaired) electrons. The Morgan fingerprint density at radius 1 is 1.08 bits per heavy atom. The molecule has 4 rings (SSSR count). The van der Waals surface area contributed by atoms with Crippen molar-refractivity contribution in [2.45, 2.75) is 71.7 Å². The van der Waals surface area contributed by atoms with E-state index in [9.17, 15) is 62.7 Å². The zero-order valence-corrected chi connectivity index (χ0v) is 37.5. The highest BCUT2D eigenvalue weighted by Gasteiger charge is 2.60. The van der Waals surface area contributed by atoms with E-state index in [0.717, 1.165) is 29.0 Å². The van der Waals surface area contributed by atoms with Crippen LogP contribution in [0, 0.1) is 22.7 Å². The molecule has 9 atom stereocenters. The number of aromatic nitrogens is 4. The highest BCUT2D eigenvalue weighted by Crippen LogP contribution is 2.61. The number of carbonyl (C=O) groups excluding carboxylic acids is 4. The molecule has 30 heteroatoms. The van der Waals surface area contributed by atoms with Crippen molar-refractivity contribution in [2.24, 2.45) is 22.7 Å². The molecule has 62 heavy (non-hydrogen) atoms. The van der Waals surface area contributed by atoms with Crippen LogP contribution in [0.3, 0.4) is 0 Å². The molecule has 1 aliphatic carbocycles. The van der Waals surface area contributed by atoms with E-state index in [4.69, 9.17) is 15.2 Å². The summed E-state index contributed by atoms with van der Waals surface area (Å²) < 4.78 is 65.4. The van der Waals surface area contributed by atoms with E-state index < -0.39 is 90.5 Å². The summed E-state index contributed by atoms with van der Waals surface area (Å²) in [6.45, 7) is 5.37. The maximum Gasteiger partial charge on any atom is 0.333 e. The number of aliphatic hydroxyl groups excluding tert-OH is 2. The molecule has 2 aliphatic rings. The van der Waals surface area contributed by atoms with Gasteiger partial charge in [-0.1, -0.05) is 45.5 Å². The number of hydrogen-bond acceptors (Lipinski definition) is 24. The Morgan fingerprint density at radius 2 is 1.74 bits per heavy atom. The van der Waals surface area contributed by atoms with Gasteiger partial charge in [0.25, 0.3) is 15.6 Å². The van der Waals surface area contributed by atoms with Crippen LogP contribution in [-0.2, 0) is 60.2 Å². The molecule has 1 saturated heterocycles. The number of nitrogen functional groups attached to an aromatic ring is 1. The third-order valence-electron chi connectivity index (χ3n) is 9.82. The number of aliphatic hydroxyl groups is 2. The molecule has 1 saturated carbocycles. The van der Waals surface area contributed by atoms with Crippen molar-refractivity contribution in [2.75, 3.05) is 44.9 Å². The summed E-state index contributed by atoms with van der Waals surface area (Å²) in [5, 5.41) is 26.2. The van der Waals surface area contributed by atoms with Gasteiger partial charge in [-0.15, -0.1) is 0 Å². The van der Waals surface area contributed by atoms with Crippen molar-refractivity contribution in [3.05, 3.63) is 24.3 Å². The van der Waals surface area contributed by atoms with Crippen molar-refractivity contribution in [1.82, 2.24) is 30.2 Å². The molecule has 2 aromatic heterocycles. The van der Waals surface area contributed by atoms with E-state index in [2.05, 4.69) is 43.5 Å². The fourth-order valence-electron chi connectivity index (χ4n) is 6.29. The van der Waals surface area contributed by atoms with Gasteiger partial charge in [0.2, 0.25) is 11.8 Å². The van der Waals surface area contributed by atoms with Gasteiger partial charge in [-0.3, -0.25) is 28.1 Å². The number of hydrogen-bond donors (Lipinski definition) is 5. The molecule has 26 nitrogen and oxygen atoms in total. The van der Waals surface area contributed by atoms with Crippen LogP contribution in [0.1, 0.15) is 47.3 Å². The van der Waals surface area contributed by atoms with E-state index >= 15 is 0 Å². The zero-order valence-electron chi connectivity index (χ0n) is 34.0. The highest BCUT2D eigenvalue weighted by atomic mass is 32.2. The second kappa shape index (κ2) is 20.3.